The molecule has 1 amide bonds. The quantitative estimate of drug-likeness (QED) is 0.874. The molecular formula is C17H24N2O2. The van der Waals surface area contributed by atoms with Gasteiger partial charge >= 0.3 is 0 Å². The number of rotatable bonds is 6. The third kappa shape index (κ3) is 4.31. The van der Waals surface area contributed by atoms with Crippen molar-refractivity contribution in [1.82, 2.24) is 5.32 Å². The lowest BCUT2D eigenvalue weighted by Gasteiger charge is -2.22. The summed E-state index contributed by atoms with van der Waals surface area (Å²) in [6.07, 6.45) is 1.84. The summed E-state index contributed by atoms with van der Waals surface area (Å²) in [7, 11) is 0. The number of ether oxygens (including phenoxy) is 1. The van der Waals surface area contributed by atoms with E-state index in [0.717, 1.165) is 12.8 Å². The topological polar surface area (TPSA) is 50.7 Å². The van der Waals surface area contributed by atoms with Gasteiger partial charge < -0.3 is 10.1 Å². The third-order valence-electron chi connectivity index (χ3n) is 3.89. The number of aliphatic imine (C=N–C) groups is 1. The van der Waals surface area contributed by atoms with E-state index in [1.807, 2.05) is 18.2 Å². The highest BCUT2D eigenvalue weighted by molar-refractivity contribution is 5.88. The SMILES string of the molecule is CCC(C)[C@H](NC(C)=O)C1=N[C@H](Cc2ccccc2)CO1. The second kappa shape index (κ2) is 7.25. The first-order valence-electron chi connectivity index (χ1n) is 7.61. The van der Waals surface area contributed by atoms with Crippen molar-refractivity contribution in [3.8, 4) is 0 Å². The van der Waals surface area contributed by atoms with Gasteiger partial charge in [-0.2, -0.15) is 0 Å². The Labute approximate surface area is 126 Å². The smallest absolute Gasteiger partial charge is 0.217 e. The second-order valence-corrected chi connectivity index (χ2v) is 5.69. The lowest BCUT2D eigenvalue weighted by atomic mass is 9.99. The Morgan fingerprint density at radius 1 is 1.43 bits per heavy atom. The summed E-state index contributed by atoms with van der Waals surface area (Å²) in [6, 6.07) is 10.3. The van der Waals surface area contributed by atoms with Crippen LogP contribution >= 0.6 is 0 Å². The van der Waals surface area contributed by atoms with Crippen molar-refractivity contribution in [3.63, 3.8) is 0 Å². The molecule has 0 aliphatic carbocycles. The largest absolute Gasteiger partial charge is 0.477 e. The number of hydrogen-bond acceptors (Lipinski definition) is 3. The number of amides is 1. The molecule has 0 saturated heterocycles. The third-order valence-corrected chi connectivity index (χ3v) is 3.89. The summed E-state index contributed by atoms with van der Waals surface area (Å²) in [4.78, 5) is 16.1. The molecule has 0 fully saturated rings. The van der Waals surface area contributed by atoms with Crippen molar-refractivity contribution < 1.29 is 9.53 Å². The highest BCUT2D eigenvalue weighted by Gasteiger charge is 2.29. The van der Waals surface area contributed by atoms with Crippen molar-refractivity contribution in [2.75, 3.05) is 6.61 Å². The number of hydrogen-bond donors (Lipinski definition) is 1. The van der Waals surface area contributed by atoms with Crippen LogP contribution in [0.1, 0.15) is 32.8 Å². The molecule has 0 spiro atoms. The molecule has 1 aromatic carbocycles. The first-order chi connectivity index (χ1) is 10.1. The maximum absolute atomic E-state index is 11.4. The van der Waals surface area contributed by atoms with Gasteiger partial charge in [0.25, 0.3) is 0 Å². The Morgan fingerprint density at radius 2 is 2.14 bits per heavy atom. The molecule has 1 aliphatic heterocycles. The highest BCUT2D eigenvalue weighted by Crippen LogP contribution is 2.18. The summed E-state index contributed by atoms with van der Waals surface area (Å²) in [5.74, 6) is 0.946. The second-order valence-electron chi connectivity index (χ2n) is 5.69. The van der Waals surface area contributed by atoms with Crippen molar-refractivity contribution >= 4 is 11.8 Å². The average molecular weight is 288 g/mol. The van der Waals surface area contributed by atoms with Crippen molar-refractivity contribution in [2.24, 2.45) is 10.9 Å². The highest BCUT2D eigenvalue weighted by atomic mass is 16.5. The Balaban J connectivity index is 2.05. The van der Waals surface area contributed by atoms with Gasteiger partial charge in [0, 0.05) is 6.92 Å². The first-order valence-corrected chi connectivity index (χ1v) is 7.61. The van der Waals surface area contributed by atoms with Gasteiger partial charge in [0.1, 0.15) is 12.6 Å². The van der Waals surface area contributed by atoms with Crippen molar-refractivity contribution in [3.05, 3.63) is 35.9 Å². The standard InChI is InChI=1S/C17H24N2O2/c1-4-12(2)16(18-13(3)20)17-19-15(11-21-17)10-14-8-6-5-7-9-14/h5-9,12,15-16H,4,10-11H2,1-3H3,(H,18,20)/t12?,15-,16+/m1/s1. The monoisotopic (exact) mass is 288 g/mol. The zero-order valence-corrected chi connectivity index (χ0v) is 13.0. The van der Waals surface area contributed by atoms with Crippen molar-refractivity contribution in [2.45, 2.75) is 45.7 Å². The van der Waals surface area contributed by atoms with Crippen LogP contribution in [0, 0.1) is 5.92 Å². The lowest BCUT2D eigenvalue weighted by molar-refractivity contribution is -0.119. The van der Waals surface area contributed by atoms with Crippen LogP contribution in [0.4, 0.5) is 0 Å². The van der Waals surface area contributed by atoms with Gasteiger partial charge in [0.05, 0.1) is 6.04 Å². The molecule has 4 heteroatoms. The predicted molar refractivity (Wildman–Crippen MR) is 84.4 cm³/mol. The van der Waals surface area contributed by atoms with Crippen LogP contribution in [0.2, 0.25) is 0 Å². The van der Waals surface area contributed by atoms with Crippen LogP contribution in [0.25, 0.3) is 0 Å². The molecule has 0 radical (unpaired) electrons. The Bertz CT molecular complexity index is 499. The maximum atomic E-state index is 11.4. The molecule has 1 aliphatic rings. The Hall–Kier alpha value is -1.84. The fourth-order valence-electron chi connectivity index (χ4n) is 2.50. The molecule has 1 heterocycles. The van der Waals surface area contributed by atoms with E-state index in [2.05, 4.69) is 36.3 Å². The summed E-state index contributed by atoms with van der Waals surface area (Å²) >= 11 is 0. The fourth-order valence-corrected chi connectivity index (χ4v) is 2.50. The van der Waals surface area contributed by atoms with E-state index in [4.69, 9.17) is 4.74 Å². The summed E-state index contributed by atoms with van der Waals surface area (Å²) in [6.45, 7) is 6.34. The first kappa shape index (κ1) is 15.5. The van der Waals surface area contributed by atoms with Crippen LogP contribution in [0.3, 0.4) is 0 Å². The molecule has 0 bridgehead atoms. The van der Waals surface area contributed by atoms with Gasteiger partial charge in [-0.1, -0.05) is 50.6 Å². The maximum Gasteiger partial charge on any atom is 0.217 e. The van der Waals surface area contributed by atoms with Gasteiger partial charge in [-0.15, -0.1) is 0 Å². The zero-order valence-electron chi connectivity index (χ0n) is 13.0. The molecule has 1 N–H and O–H groups in total. The van der Waals surface area contributed by atoms with Gasteiger partial charge in [-0.3, -0.25) is 4.79 Å². The number of nitrogens with one attached hydrogen (secondary N) is 1. The molecule has 0 aromatic heterocycles. The van der Waals surface area contributed by atoms with E-state index in [-0.39, 0.29) is 18.0 Å². The van der Waals surface area contributed by atoms with Gasteiger partial charge in [0.15, 0.2) is 0 Å². The van der Waals surface area contributed by atoms with E-state index >= 15 is 0 Å². The molecular weight excluding hydrogens is 264 g/mol. The molecule has 21 heavy (non-hydrogen) atoms. The minimum Gasteiger partial charge on any atom is -0.477 e. The van der Waals surface area contributed by atoms with E-state index in [9.17, 15) is 4.79 Å². The number of carbonyl (C=O) groups is 1. The van der Waals surface area contributed by atoms with Gasteiger partial charge in [-0.25, -0.2) is 4.99 Å². The number of benzene rings is 1. The Morgan fingerprint density at radius 3 is 2.76 bits per heavy atom. The zero-order chi connectivity index (χ0) is 15.2. The van der Waals surface area contributed by atoms with Crippen LogP contribution in [-0.2, 0) is 16.0 Å². The number of carbonyl (C=O) groups excluding carboxylic acids is 1. The molecule has 2 rings (SSSR count). The molecule has 3 atom stereocenters. The lowest BCUT2D eigenvalue weighted by Crippen LogP contribution is -2.44. The molecule has 4 nitrogen and oxygen atoms in total. The Kier molecular flexibility index (Phi) is 5.37. The van der Waals surface area contributed by atoms with E-state index in [0.29, 0.717) is 18.4 Å². The summed E-state index contributed by atoms with van der Waals surface area (Å²) in [5.41, 5.74) is 1.26. The van der Waals surface area contributed by atoms with E-state index in [1.54, 1.807) is 0 Å². The summed E-state index contributed by atoms with van der Waals surface area (Å²) in [5, 5.41) is 2.96. The number of nitrogens with zero attached hydrogens (tertiary/aromatic N) is 1. The van der Waals surface area contributed by atoms with Crippen LogP contribution in [0.5, 0.6) is 0 Å². The van der Waals surface area contributed by atoms with E-state index in [1.165, 1.54) is 12.5 Å². The van der Waals surface area contributed by atoms with Crippen LogP contribution in [-0.4, -0.2) is 30.5 Å². The predicted octanol–water partition coefficient (Wildman–Crippen LogP) is 2.58. The molecule has 1 aromatic rings. The van der Waals surface area contributed by atoms with Gasteiger partial charge in [0.2, 0.25) is 11.8 Å². The molecule has 1 unspecified atom stereocenters. The molecule has 114 valence electrons. The average Bonchev–Trinajstić information content (AvgIpc) is 2.93. The van der Waals surface area contributed by atoms with Crippen LogP contribution < -0.4 is 5.32 Å². The van der Waals surface area contributed by atoms with E-state index < -0.39 is 0 Å². The minimum absolute atomic E-state index is 0.0434. The van der Waals surface area contributed by atoms with Crippen molar-refractivity contribution in [1.29, 1.82) is 0 Å². The minimum atomic E-state index is -0.117. The molecule has 0 saturated carbocycles. The van der Waals surface area contributed by atoms with Crippen LogP contribution in [0.15, 0.2) is 35.3 Å². The van der Waals surface area contributed by atoms with Gasteiger partial charge in [-0.05, 0) is 17.9 Å². The normalized spacial score (nSPS) is 20.3. The summed E-state index contributed by atoms with van der Waals surface area (Å²) < 4.78 is 5.76. The fraction of sp³-hybridized carbons (Fsp3) is 0.529.